The number of benzene rings is 11. The summed E-state index contributed by atoms with van der Waals surface area (Å²) >= 11 is 0. The number of aromatic nitrogens is 2. The van der Waals surface area contributed by atoms with Crippen molar-refractivity contribution in [3.8, 4) is 78.4 Å². The van der Waals surface area contributed by atoms with Crippen molar-refractivity contribution in [2.45, 2.75) is 0 Å². The molecule has 298 valence electrons. The Morgan fingerprint density at radius 1 is 0.219 bits per heavy atom. The highest BCUT2D eigenvalue weighted by atomic mass is 14.9. The zero-order valence-electron chi connectivity index (χ0n) is 35.0. The van der Waals surface area contributed by atoms with Gasteiger partial charge in [-0.15, -0.1) is 0 Å². The topological polar surface area (TPSA) is 25.8 Å². The van der Waals surface area contributed by atoms with E-state index in [9.17, 15) is 0 Å². The van der Waals surface area contributed by atoms with Gasteiger partial charge in [-0.3, -0.25) is 0 Å². The Morgan fingerprint density at radius 3 is 1.47 bits per heavy atom. The normalized spacial score (nSPS) is 11.4. The van der Waals surface area contributed by atoms with Crippen molar-refractivity contribution < 1.29 is 0 Å². The van der Waals surface area contributed by atoms with Gasteiger partial charge in [0.15, 0.2) is 5.82 Å². The first-order valence-corrected chi connectivity index (χ1v) is 21.9. The van der Waals surface area contributed by atoms with Crippen molar-refractivity contribution in [3.63, 3.8) is 0 Å². The minimum absolute atomic E-state index is 0.693. The molecule has 0 saturated heterocycles. The van der Waals surface area contributed by atoms with E-state index in [0.717, 1.165) is 44.6 Å². The summed E-state index contributed by atoms with van der Waals surface area (Å²) < 4.78 is 0. The molecule has 2 nitrogen and oxygen atoms in total. The number of nitrogens with zero attached hydrogens (tertiary/aromatic N) is 2. The summed E-state index contributed by atoms with van der Waals surface area (Å²) in [4.78, 5) is 10.5. The van der Waals surface area contributed by atoms with Crippen molar-refractivity contribution in [2.75, 3.05) is 0 Å². The Hall–Kier alpha value is -8.46. The molecule has 1 heterocycles. The average molecular weight is 813 g/mol. The molecule has 0 unspecified atom stereocenters. The smallest absolute Gasteiger partial charge is 0.160 e. The first-order chi connectivity index (χ1) is 31.7. The molecule has 0 aliphatic carbocycles. The van der Waals surface area contributed by atoms with Gasteiger partial charge in [0.2, 0.25) is 0 Å². The highest BCUT2D eigenvalue weighted by Gasteiger charge is 2.16. The second kappa shape index (κ2) is 15.8. The van der Waals surface area contributed by atoms with E-state index < -0.39 is 0 Å². The molecule has 12 rings (SSSR count). The number of rotatable bonds is 7. The molecule has 0 aliphatic heterocycles. The largest absolute Gasteiger partial charge is 0.228 e. The summed E-state index contributed by atoms with van der Waals surface area (Å²) in [7, 11) is 0. The lowest BCUT2D eigenvalue weighted by Crippen LogP contribution is -1.97. The minimum Gasteiger partial charge on any atom is -0.228 e. The third kappa shape index (κ3) is 6.79. The molecular weight excluding hydrogens is 773 g/mol. The van der Waals surface area contributed by atoms with Crippen LogP contribution in [0.1, 0.15) is 0 Å². The van der Waals surface area contributed by atoms with Gasteiger partial charge in [-0.05, 0) is 112 Å². The van der Waals surface area contributed by atoms with Gasteiger partial charge in [0, 0.05) is 16.7 Å². The summed E-state index contributed by atoms with van der Waals surface area (Å²) in [5.74, 6) is 0.693. The van der Waals surface area contributed by atoms with Crippen LogP contribution in [-0.2, 0) is 0 Å². The van der Waals surface area contributed by atoms with Crippen LogP contribution >= 0.6 is 0 Å². The van der Waals surface area contributed by atoms with Crippen LogP contribution in [0.4, 0.5) is 0 Å². The molecule has 12 aromatic rings. The Morgan fingerprint density at radius 2 is 0.719 bits per heavy atom. The summed E-state index contributed by atoms with van der Waals surface area (Å²) in [6.07, 6.45) is 0. The number of hydrogen-bond acceptors (Lipinski definition) is 2. The average Bonchev–Trinajstić information content (AvgIpc) is 3.38. The predicted molar refractivity (Wildman–Crippen MR) is 270 cm³/mol. The maximum Gasteiger partial charge on any atom is 0.160 e. The van der Waals surface area contributed by atoms with Gasteiger partial charge in [-0.25, -0.2) is 9.97 Å². The minimum atomic E-state index is 0.693. The second-order valence-corrected chi connectivity index (χ2v) is 16.5. The van der Waals surface area contributed by atoms with Gasteiger partial charge in [0.05, 0.1) is 11.4 Å². The Balaban J connectivity index is 0.915. The van der Waals surface area contributed by atoms with E-state index in [0.29, 0.717) is 5.82 Å². The first-order valence-electron chi connectivity index (χ1n) is 21.9. The first kappa shape index (κ1) is 37.3. The van der Waals surface area contributed by atoms with Gasteiger partial charge < -0.3 is 0 Å². The maximum atomic E-state index is 5.30. The van der Waals surface area contributed by atoms with E-state index >= 15 is 0 Å². The van der Waals surface area contributed by atoms with Crippen LogP contribution in [0.5, 0.6) is 0 Å². The molecule has 1 aromatic heterocycles. The predicted octanol–water partition coefficient (Wildman–Crippen LogP) is 16.8. The van der Waals surface area contributed by atoms with E-state index in [-0.39, 0.29) is 0 Å². The van der Waals surface area contributed by atoms with Crippen LogP contribution in [-0.4, -0.2) is 9.97 Å². The summed E-state index contributed by atoms with van der Waals surface area (Å²) in [6, 6.07) is 87.2. The van der Waals surface area contributed by atoms with Gasteiger partial charge in [0.25, 0.3) is 0 Å². The Bertz CT molecular complexity index is 3690. The van der Waals surface area contributed by atoms with Crippen molar-refractivity contribution in [1.29, 1.82) is 0 Å². The van der Waals surface area contributed by atoms with Crippen LogP contribution in [0.25, 0.3) is 122 Å². The molecule has 11 aromatic carbocycles. The number of hydrogen-bond donors (Lipinski definition) is 0. The van der Waals surface area contributed by atoms with Gasteiger partial charge in [0.1, 0.15) is 0 Å². The van der Waals surface area contributed by atoms with E-state index in [1.807, 2.05) is 0 Å². The molecule has 0 radical (unpaired) electrons. The van der Waals surface area contributed by atoms with Gasteiger partial charge >= 0.3 is 0 Å². The van der Waals surface area contributed by atoms with Crippen molar-refractivity contribution in [1.82, 2.24) is 9.97 Å². The Labute approximate surface area is 372 Å². The molecule has 0 aliphatic rings. The lowest BCUT2D eigenvalue weighted by molar-refractivity contribution is 1.18. The molecule has 0 amide bonds. The van der Waals surface area contributed by atoms with Crippen LogP contribution in [0.3, 0.4) is 0 Å². The Kier molecular flexibility index (Phi) is 9.20. The molecule has 0 N–H and O–H groups in total. The fraction of sp³-hybridized carbons (Fsp3) is 0. The number of fused-ring (bicyclic) bond motifs is 5. The standard InChI is InChI=1S/C62H40N2/c1-3-13-41(14-4-1)42-23-27-46(28-24-42)59-40-60(56-22-12-11-19-53(56)44-15-5-2-6-16-44)64-62(63-59)52-34-33-49-37-48(31-32-50(49)38-52)43-25-29-47(30-26-43)61-55-21-10-8-18-51(55)39-58-54-20-9-7-17-45(54)35-36-57(58)61/h1-40H. The molecule has 64 heavy (non-hydrogen) atoms. The van der Waals surface area contributed by atoms with Crippen LogP contribution in [0.2, 0.25) is 0 Å². The van der Waals surface area contributed by atoms with E-state index in [1.54, 1.807) is 0 Å². The van der Waals surface area contributed by atoms with Crippen LogP contribution in [0.15, 0.2) is 243 Å². The summed E-state index contributed by atoms with van der Waals surface area (Å²) in [5, 5.41) is 9.92. The summed E-state index contributed by atoms with van der Waals surface area (Å²) in [5.41, 5.74) is 14.3. The molecule has 0 saturated carbocycles. The van der Waals surface area contributed by atoms with Crippen LogP contribution < -0.4 is 0 Å². The fourth-order valence-corrected chi connectivity index (χ4v) is 9.43. The molecule has 0 fully saturated rings. The highest BCUT2D eigenvalue weighted by Crippen LogP contribution is 2.41. The monoisotopic (exact) mass is 812 g/mol. The fourth-order valence-electron chi connectivity index (χ4n) is 9.43. The lowest BCUT2D eigenvalue weighted by Gasteiger charge is -2.15. The van der Waals surface area contributed by atoms with Crippen LogP contribution in [0, 0.1) is 0 Å². The molecule has 0 bridgehead atoms. The van der Waals surface area contributed by atoms with Crippen molar-refractivity contribution >= 4 is 43.1 Å². The van der Waals surface area contributed by atoms with Gasteiger partial charge in [-0.2, -0.15) is 0 Å². The van der Waals surface area contributed by atoms with E-state index in [4.69, 9.17) is 9.97 Å². The summed E-state index contributed by atoms with van der Waals surface area (Å²) in [6.45, 7) is 0. The zero-order valence-corrected chi connectivity index (χ0v) is 35.0. The quantitative estimate of drug-likeness (QED) is 0.118. The maximum absolute atomic E-state index is 5.30. The SMILES string of the molecule is c1ccc(-c2ccc(-c3cc(-c4ccccc4-c4ccccc4)nc(-c4ccc5cc(-c6ccc(-c7c8ccccc8cc8c7ccc7ccccc78)cc6)ccc5c4)n3)cc2)cc1. The van der Waals surface area contributed by atoms with E-state index in [2.05, 4.69) is 243 Å². The third-order valence-corrected chi connectivity index (χ3v) is 12.7. The molecule has 2 heteroatoms. The zero-order chi connectivity index (χ0) is 42.4. The van der Waals surface area contributed by atoms with E-state index in [1.165, 1.54) is 71.1 Å². The van der Waals surface area contributed by atoms with Gasteiger partial charge in [-0.1, -0.05) is 218 Å². The molecular formula is C62H40N2. The third-order valence-electron chi connectivity index (χ3n) is 12.7. The highest BCUT2D eigenvalue weighted by molar-refractivity contribution is 6.20. The van der Waals surface area contributed by atoms with Crippen molar-refractivity contribution in [2.24, 2.45) is 0 Å². The second-order valence-electron chi connectivity index (χ2n) is 16.5. The molecule has 0 atom stereocenters. The van der Waals surface area contributed by atoms with Crippen molar-refractivity contribution in [3.05, 3.63) is 243 Å². The molecule has 0 spiro atoms. The lowest BCUT2D eigenvalue weighted by atomic mass is 9.89.